The summed E-state index contributed by atoms with van der Waals surface area (Å²) in [6.45, 7) is 4.74. The molecule has 9 aromatic rings. The van der Waals surface area contributed by atoms with Crippen molar-refractivity contribution >= 4 is 53.4 Å². The lowest BCUT2D eigenvalue weighted by Gasteiger charge is -2.22. The fraction of sp³-hybridized carbons (Fsp3) is 0.0698. The summed E-state index contributed by atoms with van der Waals surface area (Å²) in [4.78, 5) is 10.4. The van der Waals surface area contributed by atoms with Gasteiger partial charge in [0.25, 0.3) is 0 Å². The van der Waals surface area contributed by atoms with Crippen LogP contribution in [0.4, 0.5) is 0 Å². The minimum absolute atomic E-state index is 0.0947. The molecule has 0 bridgehead atoms. The molecular formula is C43H29N3S. The van der Waals surface area contributed by atoms with E-state index in [1.165, 1.54) is 54.1 Å². The van der Waals surface area contributed by atoms with E-state index in [0.717, 1.165) is 38.5 Å². The predicted octanol–water partition coefficient (Wildman–Crippen LogP) is 11.6. The van der Waals surface area contributed by atoms with Crippen LogP contribution in [-0.4, -0.2) is 14.5 Å². The quantitative estimate of drug-likeness (QED) is 0.197. The molecule has 222 valence electrons. The second-order valence-corrected chi connectivity index (χ2v) is 14.0. The molecule has 3 aromatic heterocycles. The summed E-state index contributed by atoms with van der Waals surface area (Å²) >= 11 is 1.77. The van der Waals surface area contributed by atoms with Crippen LogP contribution in [0.1, 0.15) is 25.0 Å². The molecule has 0 fully saturated rings. The second-order valence-electron chi connectivity index (χ2n) is 13.0. The Kier molecular flexibility index (Phi) is 5.50. The van der Waals surface area contributed by atoms with E-state index in [4.69, 9.17) is 9.97 Å². The molecule has 0 radical (unpaired) electrons. The Morgan fingerprint density at radius 1 is 0.574 bits per heavy atom. The van der Waals surface area contributed by atoms with Gasteiger partial charge in [0.05, 0.1) is 26.9 Å². The van der Waals surface area contributed by atoms with Gasteiger partial charge in [0.2, 0.25) is 0 Å². The molecule has 0 atom stereocenters. The third kappa shape index (κ3) is 3.73. The first-order chi connectivity index (χ1) is 23.1. The average Bonchev–Trinajstić information content (AvgIpc) is 3.74. The number of para-hydroxylation sites is 1. The largest absolute Gasteiger partial charge is 0.309 e. The van der Waals surface area contributed by atoms with Crippen molar-refractivity contribution in [2.45, 2.75) is 19.3 Å². The van der Waals surface area contributed by atoms with Crippen molar-refractivity contribution in [1.29, 1.82) is 0 Å². The van der Waals surface area contributed by atoms with E-state index in [0.29, 0.717) is 0 Å². The molecule has 47 heavy (non-hydrogen) atoms. The Morgan fingerprint density at radius 2 is 1.30 bits per heavy atom. The molecule has 0 spiro atoms. The molecule has 1 aliphatic carbocycles. The Morgan fingerprint density at radius 3 is 2.15 bits per heavy atom. The van der Waals surface area contributed by atoms with Gasteiger partial charge >= 0.3 is 0 Å². The first-order valence-electron chi connectivity index (χ1n) is 16.1. The number of aromatic nitrogens is 3. The molecule has 0 unspecified atom stereocenters. The highest BCUT2D eigenvalue weighted by molar-refractivity contribution is 7.26. The van der Waals surface area contributed by atoms with Crippen molar-refractivity contribution in [3.63, 3.8) is 0 Å². The third-order valence-corrected chi connectivity index (χ3v) is 11.2. The fourth-order valence-electron chi connectivity index (χ4n) is 7.88. The van der Waals surface area contributed by atoms with Crippen LogP contribution in [0.3, 0.4) is 0 Å². The van der Waals surface area contributed by atoms with Gasteiger partial charge < -0.3 is 4.57 Å². The molecule has 0 saturated carbocycles. The van der Waals surface area contributed by atoms with Crippen molar-refractivity contribution in [3.8, 4) is 39.5 Å². The number of benzene rings is 6. The van der Waals surface area contributed by atoms with E-state index < -0.39 is 0 Å². The van der Waals surface area contributed by atoms with Gasteiger partial charge in [-0.2, -0.15) is 0 Å². The van der Waals surface area contributed by atoms with E-state index in [2.05, 4.69) is 158 Å². The lowest BCUT2D eigenvalue weighted by Crippen LogP contribution is -2.15. The highest BCUT2D eigenvalue weighted by Gasteiger charge is 2.38. The lowest BCUT2D eigenvalue weighted by atomic mass is 9.80. The first-order valence-corrected chi connectivity index (χ1v) is 16.9. The minimum atomic E-state index is -0.0947. The molecule has 3 heterocycles. The molecule has 4 heteroatoms. The topological polar surface area (TPSA) is 30.7 Å². The van der Waals surface area contributed by atoms with Crippen molar-refractivity contribution in [2.24, 2.45) is 0 Å². The maximum atomic E-state index is 5.20. The maximum Gasteiger partial charge on any atom is 0.160 e. The first kappa shape index (κ1) is 26.6. The average molecular weight is 620 g/mol. The van der Waals surface area contributed by atoms with Gasteiger partial charge in [0, 0.05) is 43.1 Å². The van der Waals surface area contributed by atoms with Gasteiger partial charge in [0.15, 0.2) is 5.82 Å². The molecule has 0 amide bonds. The molecule has 6 aromatic carbocycles. The van der Waals surface area contributed by atoms with Gasteiger partial charge in [-0.25, -0.2) is 9.97 Å². The molecule has 1 aliphatic rings. The number of thiophene rings is 1. The van der Waals surface area contributed by atoms with Crippen LogP contribution in [0.5, 0.6) is 0 Å². The standard InChI is InChI=1S/C43H29N3S/c1-43(2)33-17-9-6-14-29(33)30-24-25-35-37(38(30)43)31-15-7-10-18-34(31)46(35)28-22-20-27(21-23-28)42-44-39(26-12-4-3-5-13-26)41-40(45-42)32-16-8-11-19-36(32)47-41/h3-25H,1-2H3. The summed E-state index contributed by atoms with van der Waals surface area (Å²) in [7, 11) is 0. The van der Waals surface area contributed by atoms with Gasteiger partial charge in [-0.1, -0.05) is 111 Å². The number of rotatable bonds is 3. The lowest BCUT2D eigenvalue weighted by molar-refractivity contribution is 0.666. The summed E-state index contributed by atoms with van der Waals surface area (Å²) in [6.07, 6.45) is 0. The Hall–Kier alpha value is -5.58. The van der Waals surface area contributed by atoms with Crippen LogP contribution in [0.15, 0.2) is 140 Å². The minimum Gasteiger partial charge on any atom is -0.309 e. The molecular weight excluding hydrogens is 591 g/mol. The summed E-state index contributed by atoms with van der Waals surface area (Å²) in [5.74, 6) is 0.742. The number of nitrogens with zero attached hydrogens (tertiary/aromatic N) is 3. The van der Waals surface area contributed by atoms with Crippen LogP contribution >= 0.6 is 11.3 Å². The van der Waals surface area contributed by atoms with Crippen LogP contribution in [-0.2, 0) is 5.41 Å². The third-order valence-electron chi connectivity index (χ3n) is 10.0. The zero-order valence-corrected chi connectivity index (χ0v) is 26.8. The van der Waals surface area contributed by atoms with E-state index >= 15 is 0 Å². The van der Waals surface area contributed by atoms with Gasteiger partial charge in [-0.05, 0) is 64.7 Å². The number of hydrogen-bond acceptors (Lipinski definition) is 3. The van der Waals surface area contributed by atoms with Crippen LogP contribution < -0.4 is 0 Å². The molecule has 10 rings (SSSR count). The highest BCUT2D eigenvalue weighted by atomic mass is 32.1. The van der Waals surface area contributed by atoms with E-state index in [9.17, 15) is 0 Å². The van der Waals surface area contributed by atoms with Crippen LogP contribution in [0.25, 0.3) is 81.6 Å². The fourth-order valence-corrected chi connectivity index (χ4v) is 9.03. The summed E-state index contributed by atoms with van der Waals surface area (Å²) in [6, 6.07) is 50.1. The monoisotopic (exact) mass is 619 g/mol. The molecule has 0 aliphatic heterocycles. The van der Waals surface area contributed by atoms with Crippen molar-refractivity contribution in [2.75, 3.05) is 0 Å². The SMILES string of the molecule is CC1(C)c2ccccc2-c2ccc3c(c21)c1ccccc1n3-c1ccc(-c2nc(-c3ccccc3)c3sc4ccccc4c3n2)cc1. The number of hydrogen-bond donors (Lipinski definition) is 0. The van der Waals surface area contributed by atoms with Crippen molar-refractivity contribution in [3.05, 3.63) is 151 Å². The number of fused-ring (bicyclic) bond motifs is 10. The highest BCUT2D eigenvalue weighted by Crippen LogP contribution is 2.53. The zero-order chi connectivity index (χ0) is 31.3. The van der Waals surface area contributed by atoms with E-state index in [1.54, 1.807) is 11.3 Å². The van der Waals surface area contributed by atoms with Crippen molar-refractivity contribution < 1.29 is 0 Å². The van der Waals surface area contributed by atoms with Crippen LogP contribution in [0.2, 0.25) is 0 Å². The summed E-state index contributed by atoms with van der Waals surface area (Å²) in [5.41, 5.74) is 13.1. The van der Waals surface area contributed by atoms with Crippen molar-refractivity contribution in [1.82, 2.24) is 14.5 Å². The normalized spacial score (nSPS) is 13.5. The second kappa shape index (κ2) is 9.71. The van der Waals surface area contributed by atoms with Gasteiger partial charge in [0.1, 0.15) is 0 Å². The Bertz CT molecular complexity index is 2700. The van der Waals surface area contributed by atoms with Crippen LogP contribution in [0, 0.1) is 0 Å². The Balaban J connectivity index is 1.16. The molecule has 0 saturated heterocycles. The van der Waals surface area contributed by atoms with Gasteiger partial charge in [-0.15, -0.1) is 11.3 Å². The Labute approximate surface area is 276 Å². The smallest absolute Gasteiger partial charge is 0.160 e. The van der Waals surface area contributed by atoms with E-state index in [1.807, 2.05) is 0 Å². The maximum absolute atomic E-state index is 5.20. The van der Waals surface area contributed by atoms with Gasteiger partial charge in [-0.3, -0.25) is 0 Å². The zero-order valence-electron chi connectivity index (χ0n) is 26.0. The summed E-state index contributed by atoms with van der Waals surface area (Å²) < 4.78 is 4.77. The molecule has 3 nitrogen and oxygen atoms in total. The summed E-state index contributed by atoms with van der Waals surface area (Å²) in [5, 5.41) is 3.80. The predicted molar refractivity (Wildman–Crippen MR) is 198 cm³/mol. The molecule has 0 N–H and O–H groups in total. The van der Waals surface area contributed by atoms with E-state index in [-0.39, 0.29) is 5.41 Å².